The number of likely N-dealkylation sites (tertiary alicyclic amines) is 1. The van der Waals surface area contributed by atoms with E-state index in [4.69, 9.17) is 4.99 Å². The number of hydrogen-bond acceptors (Lipinski definition) is 2. The van der Waals surface area contributed by atoms with Gasteiger partial charge in [0.05, 0.1) is 0 Å². The number of aliphatic imine (C=N–C) groups is 1. The second kappa shape index (κ2) is 9.23. The topological polar surface area (TPSA) is 30.9 Å². The maximum atomic E-state index is 4.96. The molecule has 0 spiro atoms. The fourth-order valence-corrected chi connectivity index (χ4v) is 4.05. The predicted molar refractivity (Wildman–Crippen MR) is 106 cm³/mol. The van der Waals surface area contributed by atoms with Crippen LogP contribution in [0.4, 0.5) is 0 Å². The molecule has 25 heavy (non-hydrogen) atoms. The molecule has 0 radical (unpaired) electrons. The second-order valence-electron chi connectivity index (χ2n) is 7.34. The van der Waals surface area contributed by atoms with E-state index >= 15 is 0 Å². The Kier molecular flexibility index (Phi) is 6.74. The molecule has 1 saturated heterocycles. The van der Waals surface area contributed by atoms with Gasteiger partial charge in [0.2, 0.25) is 0 Å². The van der Waals surface area contributed by atoms with Crippen LogP contribution in [-0.2, 0) is 13.0 Å². The zero-order valence-corrected chi connectivity index (χ0v) is 16.0. The van der Waals surface area contributed by atoms with Crippen molar-refractivity contribution in [2.75, 3.05) is 39.3 Å². The third kappa shape index (κ3) is 4.97. The van der Waals surface area contributed by atoms with Gasteiger partial charge in [-0.2, -0.15) is 0 Å². The van der Waals surface area contributed by atoms with Crippen LogP contribution in [0.15, 0.2) is 29.3 Å². The van der Waals surface area contributed by atoms with Crippen molar-refractivity contribution < 1.29 is 0 Å². The van der Waals surface area contributed by atoms with Gasteiger partial charge >= 0.3 is 0 Å². The Bertz CT molecular complexity index is 561. The summed E-state index contributed by atoms with van der Waals surface area (Å²) in [4.78, 5) is 9.95. The molecule has 0 unspecified atom stereocenters. The minimum Gasteiger partial charge on any atom is -0.357 e. The van der Waals surface area contributed by atoms with Crippen molar-refractivity contribution in [1.29, 1.82) is 0 Å². The highest BCUT2D eigenvalue weighted by Crippen LogP contribution is 2.21. The smallest absolute Gasteiger partial charge is 0.194 e. The largest absolute Gasteiger partial charge is 0.357 e. The van der Waals surface area contributed by atoms with Crippen LogP contribution in [0.2, 0.25) is 0 Å². The van der Waals surface area contributed by atoms with Crippen LogP contribution < -0.4 is 5.32 Å². The van der Waals surface area contributed by atoms with E-state index in [1.54, 1.807) is 0 Å². The first-order chi connectivity index (χ1) is 12.3. The van der Waals surface area contributed by atoms with Crippen LogP contribution in [0.5, 0.6) is 0 Å². The lowest BCUT2D eigenvalue weighted by Crippen LogP contribution is -2.44. The first-order valence-electron chi connectivity index (χ1n) is 10.1. The SMILES string of the molecule is CCNC(=NCCC1CCN(CC)CC1)N1CCc2ccccc2C1. The number of nitrogens with zero attached hydrogens (tertiary/aromatic N) is 3. The molecule has 3 rings (SSSR count). The van der Waals surface area contributed by atoms with E-state index in [9.17, 15) is 0 Å². The predicted octanol–water partition coefficient (Wildman–Crippen LogP) is 3.13. The summed E-state index contributed by atoms with van der Waals surface area (Å²) in [5.41, 5.74) is 2.95. The normalized spacial score (nSPS) is 19.8. The minimum absolute atomic E-state index is 0.858. The van der Waals surface area contributed by atoms with Crippen LogP contribution in [0.25, 0.3) is 0 Å². The van der Waals surface area contributed by atoms with Crippen LogP contribution >= 0.6 is 0 Å². The Labute approximate surface area is 153 Å². The molecule has 0 atom stereocenters. The maximum Gasteiger partial charge on any atom is 0.194 e. The molecule has 2 aliphatic heterocycles. The van der Waals surface area contributed by atoms with E-state index in [1.165, 1.54) is 50.0 Å². The molecule has 1 fully saturated rings. The summed E-state index contributed by atoms with van der Waals surface area (Å²) >= 11 is 0. The van der Waals surface area contributed by atoms with E-state index in [0.29, 0.717) is 0 Å². The standard InChI is InChI=1S/C21H34N4/c1-3-22-21(23-13-9-18-10-14-24(4-2)15-11-18)25-16-12-19-7-5-6-8-20(19)17-25/h5-8,18H,3-4,9-17H2,1-2H3,(H,22,23). The zero-order valence-electron chi connectivity index (χ0n) is 16.0. The van der Waals surface area contributed by atoms with Gasteiger partial charge in [0.25, 0.3) is 0 Å². The number of fused-ring (bicyclic) bond motifs is 1. The fourth-order valence-electron chi connectivity index (χ4n) is 4.05. The monoisotopic (exact) mass is 342 g/mol. The first kappa shape index (κ1) is 18.2. The third-order valence-corrected chi connectivity index (χ3v) is 5.72. The van der Waals surface area contributed by atoms with Gasteiger partial charge in [0, 0.05) is 26.2 Å². The van der Waals surface area contributed by atoms with Crippen molar-refractivity contribution in [3.05, 3.63) is 35.4 Å². The second-order valence-corrected chi connectivity index (χ2v) is 7.34. The molecule has 0 saturated carbocycles. The Morgan fingerprint density at radius 1 is 1.12 bits per heavy atom. The summed E-state index contributed by atoms with van der Waals surface area (Å²) in [5, 5.41) is 3.50. The molecule has 2 aliphatic rings. The number of nitrogens with one attached hydrogen (secondary N) is 1. The van der Waals surface area contributed by atoms with Crippen LogP contribution in [0, 0.1) is 5.92 Å². The maximum absolute atomic E-state index is 4.96. The molecule has 138 valence electrons. The molecule has 2 heterocycles. The van der Waals surface area contributed by atoms with Crippen molar-refractivity contribution in [3.63, 3.8) is 0 Å². The van der Waals surface area contributed by atoms with Gasteiger partial charge in [0.1, 0.15) is 0 Å². The quantitative estimate of drug-likeness (QED) is 0.659. The highest BCUT2D eigenvalue weighted by atomic mass is 15.3. The summed E-state index contributed by atoms with van der Waals surface area (Å²) in [6.07, 6.45) is 5.04. The summed E-state index contributed by atoms with van der Waals surface area (Å²) in [5.74, 6) is 1.96. The number of piperidine rings is 1. The van der Waals surface area contributed by atoms with E-state index in [0.717, 1.165) is 44.5 Å². The van der Waals surface area contributed by atoms with Gasteiger partial charge in [-0.05, 0) is 69.3 Å². The number of hydrogen-bond donors (Lipinski definition) is 1. The average molecular weight is 343 g/mol. The Morgan fingerprint density at radius 2 is 1.88 bits per heavy atom. The van der Waals surface area contributed by atoms with E-state index < -0.39 is 0 Å². The van der Waals surface area contributed by atoms with Crippen molar-refractivity contribution in [1.82, 2.24) is 15.1 Å². The van der Waals surface area contributed by atoms with Gasteiger partial charge in [-0.1, -0.05) is 31.2 Å². The van der Waals surface area contributed by atoms with Gasteiger partial charge in [-0.3, -0.25) is 4.99 Å². The lowest BCUT2D eigenvalue weighted by molar-refractivity contribution is 0.188. The van der Waals surface area contributed by atoms with E-state index in [2.05, 4.69) is 53.2 Å². The molecule has 4 nitrogen and oxygen atoms in total. The van der Waals surface area contributed by atoms with E-state index in [-0.39, 0.29) is 0 Å². The Hall–Kier alpha value is -1.55. The first-order valence-corrected chi connectivity index (χ1v) is 10.1. The van der Waals surface area contributed by atoms with Gasteiger partial charge < -0.3 is 15.1 Å². The fraction of sp³-hybridized carbons (Fsp3) is 0.667. The summed E-state index contributed by atoms with van der Waals surface area (Å²) < 4.78 is 0. The molecular formula is C21H34N4. The number of rotatable bonds is 5. The van der Waals surface area contributed by atoms with Crippen molar-refractivity contribution >= 4 is 5.96 Å². The Morgan fingerprint density at radius 3 is 2.60 bits per heavy atom. The van der Waals surface area contributed by atoms with Crippen LogP contribution in [0.1, 0.15) is 44.2 Å². The molecule has 1 aromatic carbocycles. The molecule has 1 aromatic rings. The van der Waals surface area contributed by atoms with Crippen LogP contribution in [0.3, 0.4) is 0 Å². The number of benzene rings is 1. The van der Waals surface area contributed by atoms with Gasteiger partial charge in [-0.15, -0.1) is 0 Å². The van der Waals surface area contributed by atoms with Crippen molar-refractivity contribution in [2.24, 2.45) is 10.9 Å². The molecule has 1 N–H and O–H groups in total. The van der Waals surface area contributed by atoms with Gasteiger partial charge in [0.15, 0.2) is 5.96 Å². The lowest BCUT2D eigenvalue weighted by atomic mass is 9.94. The lowest BCUT2D eigenvalue weighted by Gasteiger charge is -2.32. The molecule has 0 aliphatic carbocycles. The van der Waals surface area contributed by atoms with E-state index in [1.807, 2.05) is 0 Å². The molecule has 4 heteroatoms. The van der Waals surface area contributed by atoms with Crippen molar-refractivity contribution in [3.8, 4) is 0 Å². The number of guanidine groups is 1. The van der Waals surface area contributed by atoms with Gasteiger partial charge in [-0.25, -0.2) is 0 Å². The minimum atomic E-state index is 0.858. The zero-order chi connectivity index (χ0) is 17.5. The molecule has 0 bridgehead atoms. The summed E-state index contributed by atoms with van der Waals surface area (Å²) in [6.45, 7) is 12.1. The molecular weight excluding hydrogens is 308 g/mol. The summed E-state index contributed by atoms with van der Waals surface area (Å²) in [6, 6.07) is 8.82. The summed E-state index contributed by atoms with van der Waals surface area (Å²) in [7, 11) is 0. The molecule has 0 amide bonds. The highest BCUT2D eigenvalue weighted by molar-refractivity contribution is 5.80. The third-order valence-electron chi connectivity index (χ3n) is 5.72. The van der Waals surface area contributed by atoms with Crippen molar-refractivity contribution in [2.45, 2.75) is 46.1 Å². The molecule has 0 aromatic heterocycles. The average Bonchev–Trinajstić information content (AvgIpc) is 2.67. The highest BCUT2D eigenvalue weighted by Gasteiger charge is 2.20. The Balaban J connectivity index is 1.53. The van der Waals surface area contributed by atoms with Crippen LogP contribution in [-0.4, -0.2) is 55.0 Å².